The van der Waals surface area contributed by atoms with Crippen LogP contribution in [0.25, 0.3) is 0 Å². The zero-order chi connectivity index (χ0) is 21.6. The second-order valence-electron chi connectivity index (χ2n) is 10.5. The lowest BCUT2D eigenvalue weighted by Crippen LogP contribution is -2.57. The monoisotopic (exact) mass is 433 g/mol. The minimum atomic E-state index is -0.283. The molecule has 31 heavy (non-hydrogen) atoms. The summed E-state index contributed by atoms with van der Waals surface area (Å²) in [6.45, 7) is 4.77. The van der Waals surface area contributed by atoms with E-state index in [1.54, 1.807) is 7.11 Å². The molecule has 0 bridgehead atoms. The molecule has 0 aromatic rings. The van der Waals surface area contributed by atoms with E-state index in [4.69, 9.17) is 4.74 Å². The lowest BCUT2D eigenvalue weighted by atomic mass is 9.84. The van der Waals surface area contributed by atoms with Crippen LogP contribution in [-0.4, -0.2) is 84.7 Å². The normalized spacial score (nSPS) is 38.5. The van der Waals surface area contributed by atoms with Gasteiger partial charge in [0.25, 0.3) is 0 Å². The van der Waals surface area contributed by atoms with Crippen LogP contribution in [0.3, 0.4) is 0 Å². The van der Waals surface area contributed by atoms with Gasteiger partial charge in [-0.1, -0.05) is 12.8 Å². The highest BCUT2D eigenvalue weighted by Crippen LogP contribution is 2.43. The van der Waals surface area contributed by atoms with Crippen molar-refractivity contribution in [3.05, 3.63) is 0 Å². The number of rotatable bonds is 6. The molecule has 3 aliphatic heterocycles. The Labute approximate surface area is 185 Å². The van der Waals surface area contributed by atoms with E-state index < -0.39 is 0 Å². The lowest BCUT2D eigenvalue weighted by Gasteiger charge is -2.39. The number of nitrogens with one attached hydrogen (secondary N) is 3. The average Bonchev–Trinajstić information content (AvgIpc) is 3.24. The molecular weight excluding hydrogens is 394 g/mol. The molecule has 3 saturated heterocycles. The summed E-state index contributed by atoms with van der Waals surface area (Å²) in [7, 11) is 1.71. The number of ether oxygens (including phenoxy) is 1. The summed E-state index contributed by atoms with van der Waals surface area (Å²) < 4.78 is 5.43. The van der Waals surface area contributed by atoms with Gasteiger partial charge in [0.05, 0.1) is 18.2 Å². The Morgan fingerprint density at radius 1 is 1.13 bits per heavy atom. The molecule has 5 rings (SSSR count). The zero-order valence-electron chi connectivity index (χ0n) is 19.1. The van der Waals surface area contributed by atoms with Crippen molar-refractivity contribution in [1.82, 2.24) is 26.0 Å². The van der Waals surface area contributed by atoms with Crippen molar-refractivity contribution in [2.75, 3.05) is 33.4 Å². The van der Waals surface area contributed by atoms with E-state index >= 15 is 0 Å². The molecule has 8 heteroatoms. The fourth-order valence-corrected chi connectivity index (χ4v) is 6.78. The van der Waals surface area contributed by atoms with E-state index in [9.17, 15) is 9.59 Å². The van der Waals surface area contributed by atoms with Crippen LogP contribution < -0.4 is 16.2 Å². The topological polar surface area (TPSA) is 85.9 Å². The van der Waals surface area contributed by atoms with Gasteiger partial charge in [-0.3, -0.25) is 15.0 Å². The molecule has 0 spiro atoms. The van der Waals surface area contributed by atoms with Crippen LogP contribution in [0.2, 0.25) is 0 Å². The number of methoxy groups -OCH3 is 1. The molecule has 0 radical (unpaired) electrons. The lowest BCUT2D eigenvalue weighted by molar-refractivity contribution is -0.141. The summed E-state index contributed by atoms with van der Waals surface area (Å²) in [6.07, 6.45) is 8.94. The largest absolute Gasteiger partial charge is 0.382 e. The Morgan fingerprint density at radius 3 is 2.65 bits per heavy atom. The summed E-state index contributed by atoms with van der Waals surface area (Å²) in [5, 5.41) is 3.64. The van der Waals surface area contributed by atoms with E-state index in [1.165, 1.54) is 25.7 Å². The van der Waals surface area contributed by atoms with Crippen LogP contribution in [-0.2, 0) is 14.3 Å². The van der Waals surface area contributed by atoms with E-state index in [0.29, 0.717) is 31.7 Å². The SMILES string of the molecule is CCN(C(=O)C1NNC2CCN(C(=O)C3CC4CCCCC4N3)CC21)C1(COC)CC1. The molecule has 2 amide bonds. The van der Waals surface area contributed by atoms with Crippen LogP contribution in [0.15, 0.2) is 0 Å². The summed E-state index contributed by atoms with van der Waals surface area (Å²) in [6, 6.07) is 0.449. The maximum atomic E-state index is 13.5. The number of carbonyl (C=O) groups excluding carboxylic acids is 2. The smallest absolute Gasteiger partial charge is 0.242 e. The number of hydrogen-bond acceptors (Lipinski definition) is 6. The third kappa shape index (κ3) is 3.90. The van der Waals surface area contributed by atoms with E-state index in [0.717, 1.165) is 32.2 Å². The fourth-order valence-electron chi connectivity index (χ4n) is 6.78. The van der Waals surface area contributed by atoms with Crippen molar-refractivity contribution in [2.24, 2.45) is 11.8 Å². The Kier molecular flexibility index (Phi) is 6.01. The number of fused-ring (bicyclic) bond motifs is 2. The minimum absolute atomic E-state index is 0.0373. The Balaban J connectivity index is 1.24. The van der Waals surface area contributed by atoms with Gasteiger partial charge in [0.2, 0.25) is 11.8 Å². The number of piperidine rings is 1. The molecule has 6 atom stereocenters. The quantitative estimate of drug-likeness (QED) is 0.570. The molecule has 174 valence electrons. The number of nitrogens with zero attached hydrogens (tertiary/aromatic N) is 2. The Morgan fingerprint density at radius 2 is 1.94 bits per heavy atom. The number of amides is 2. The first-order chi connectivity index (χ1) is 15.1. The number of hydrogen-bond donors (Lipinski definition) is 3. The molecule has 6 unspecified atom stereocenters. The molecule has 2 saturated carbocycles. The van der Waals surface area contributed by atoms with Gasteiger partial charge in [0.15, 0.2) is 0 Å². The highest BCUT2D eigenvalue weighted by atomic mass is 16.5. The number of likely N-dealkylation sites (tertiary alicyclic amines) is 1. The summed E-state index contributed by atoms with van der Waals surface area (Å²) in [5.74, 6) is 1.17. The van der Waals surface area contributed by atoms with Gasteiger partial charge >= 0.3 is 0 Å². The Bertz CT molecular complexity index is 685. The van der Waals surface area contributed by atoms with Crippen LogP contribution in [0, 0.1) is 11.8 Å². The van der Waals surface area contributed by atoms with Crippen LogP contribution in [0.1, 0.15) is 58.3 Å². The third-order valence-corrected chi connectivity index (χ3v) is 8.64. The molecule has 5 fully saturated rings. The molecule has 2 aliphatic carbocycles. The van der Waals surface area contributed by atoms with Gasteiger partial charge in [0, 0.05) is 44.7 Å². The van der Waals surface area contributed by atoms with Crippen molar-refractivity contribution in [1.29, 1.82) is 0 Å². The maximum absolute atomic E-state index is 13.5. The first kappa shape index (κ1) is 21.6. The minimum Gasteiger partial charge on any atom is -0.382 e. The highest BCUT2D eigenvalue weighted by Gasteiger charge is 2.54. The van der Waals surface area contributed by atoms with Crippen molar-refractivity contribution in [2.45, 2.75) is 88.0 Å². The van der Waals surface area contributed by atoms with Gasteiger partial charge in [-0.25, -0.2) is 5.43 Å². The van der Waals surface area contributed by atoms with Crippen LogP contribution >= 0.6 is 0 Å². The van der Waals surface area contributed by atoms with Gasteiger partial charge in [-0.15, -0.1) is 0 Å². The fraction of sp³-hybridized carbons (Fsp3) is 0.913. The molecule has 3 N–H and O–H groups in total. The molecule has 0 aromatic heterocycles. The Hall–Kier alpha value is -1.22. The first-order valence-electron chi connectivity index (χ1n) is 12.4. The molecule has 3 heterocycles. The molecule has 0 aromatic carbocycles. The number of hydrazine groups is 1. The van der Waals surface area contributed by atoms with Gasteiger partial charge in [0.1, 0.15) is 6.04 Å². The molecule has 8 nitrogen and oxygen atoms in total. The summed E-state index contributed by atoms with van der Waals surface area (Å²) >= 11 is 0. The van der Waals surface area contributed by atoms with E-state index in [1.807, 2.05) is 9.80 Å². The molecular formula is C23H39N5O3. The summed E-state index contributed by atoms with van der Waals surface area (Å²) in [5.41, 5.74) is 6.52. The van der Waals surface area contributed by atoms with Crippen molar-refractivity contribution in [3.8, 4) is 0 Å². The molecule has 5 aliphatic rings. The second-order valence-corrected chi connectivity index (χ2v) is 10.5. The predicted molar refractivity (Wildman–Crippen MR) is 117 cm³/mol. The van der Waals surface area contributed by atoms with E-state index in [-0.39, 0.29) is 41.4 Å². The van der Waals surface area contributed by atoms with Crippen molar-refractivity contribution < 1.29 is 14.3 Å². The predicted octanol–water partition coefficient (Wildman–Crippen LogP) is 0.628. The summed E-state index contributed by atoms with van der Waals surface area (Å²) in [4.78, 5) is 31.0. The maximum Gasteiger partial charge on any atom is 0.242 e. The van der Waals surface area contributed by atoms with Crippen molar-refractivity contribution >= 4 is 11.8 Å². The highest BCUT2D eigenvalue weighted by molar-refractivity contribution is 5.85. The van der Waals surface area contributed by atoms with Gasteiger partial charge in [-0.2, -0.15) is 0 Å². The van der Waals surface area contributed by atoms with Gasteiger partial charge in [-0.05, 0) is 51.4 Å². The van der Waals surface area contributed by atoms with Gasteiger partial charge < -0.3 is 19.9 Å². The first-order valence-corrected chi connectivity index (χ1v) is 12.4. The van der Waals surface area contributed by atoms with E-state index in [2.05, 4.69) is 23.1 Å². The third-order valence-electron chi connectivity index (χ3n) is 8.64. The standard InChI is InChI=1S/C23H39N5O3/c1-3-28(23(9-10-23)14-31-2)22(30)20-16-13-27(11-8-18(16)25-26-20)21(29)19-12-15-6-4-5-7-17(15)24-19/h15-20,24-26H,3-14H2,1-2H3. The van der Waals surface area contributed by atoms with Crippen LogP contribution in [0.4, 0.5) is 0 Å². The second kappa shape index (κ2) is 8.61. The average molecular weight is 434 g/mol. The zero-order valence-corrected chi connectivity index (χ0v) is 19.1. The van der Waals surface area contributed by atoms with Crippen molar-refractivity contribution in [3.63, 3.8) is 0 Å². The number of likely N-dealkylation sites (N-methyl/N-ethyl adjacent to an activating group) is 1. The van der Waals surface area contributed by atoms with Crippen LogP contribution in [0.5, 0.6) is 0 Å². The number of carbonyl (C=O) groups is 2.